The molecule has 86 valence electrons. The summed E-state index contributed by atoms with van der Waals surface area (Å²) >= 11 is 0. The number of rotatable bonds is 6. The van der Waals surface area contributed by atoms with Crippen molar-refractivity contribution in [3.8, 4) is 0 Å². The number of aliphatic hydroxyl groups is 1. The van der Waals surface area contributed by atoms with Gasteiger partial charge >= 0.3 is 0 Å². The van der Waals surface area contributed by atoms with Crippen LogP contribution in [-0.4, -0.2) is 31.4 Å². The van der Waals surface area contributed by atoms with Gasteiger partial charge in [-0.05, 0) is 19.8 Å². The first-order valence-electron chi connectivity index (χ1n) is 4.97. The van der Waals surface area contributed by atoms with Crippen molar-refractivity contribution in [3.05, 3.63) is 0 Å². The molecule has 5 heteroatoms. The minimum Gasteiger partial charge on any atom is -0.395 e. The first-order valence-corrected chi connectivity index (χ1v) is 6.51. The van der Waals surface area contributed by atoms with E-state index in [1.54, 1.807) is 0 Å². The zero-order valence-corrected chi connectivity index (χ0v) is 10.1. The monoisotopic (exact) mass is 223 g/mol. The third kappa shape index (κ3) is 3.94. The van der Waals surface area contributed by atoms with Gasteiger partial charge in [-0.25, -0.2) is 13.1 Å². The molecule has 0 aromatic heterocycles. The molecule has 0 aliphatic carbocycles. The molecule has 14 heavy (non-hydrogen) atoms. The maximum atomic E-state index is 11.5. The van der Waals surface area contributed by atoms with Gasteiger partial charge in [0.1, 0.15) is 0 Å². The van der Waals surface area contributed by atoms with Gasteiger partial charge in [-0.3, -0.25) is 0 Å². The Bertz CT molecular complexity index is 251. The Morgan fingerprint density at radius 3 is 2.14 bits per heavy atom. The van der Waals surface area contributed by atoms with E-state index in [4.69, 9.17) is 5.11 Å². The van der Waals surface area contributed by atoms with E-state index >= 15 is 0 Å². The van der Waals surface area contributed by atoms with Crippen molar-refractivity contribution < 1.29 is 13.5 Å². The third-order valence-electron chi connectivity index (χ3n) is 2.63. The lowest BCUT2D eigenvalue weighted by Gasteiger charge is -2.21. The smallest absolute Gasteiger partial charge is 0.216 e. The summed E-state index contributed by atoms with van der Waals surface area (Å²) in [5.41, 5.74) is 0. The van der Waals surface area contributed by atoms with Gasteiger partial charge in [-0.2, -0.15) is 0 Å². The van der Waals surface area contributed by atoms with Crippen molar-refractivity contribution in [3.63, 3.8) is 0 Å². The molecule has 0 aliphatic heterocycles. The molecule has 0 heterocycles. The van der Waals surface area contributed by atoms with Crippen LogP contribution in [0.1, 0.15) is 34.1 Å². The number of aliphatic hydroxyl groups excluding tert-OH is 1. The molecule has 3 unspecified atom stereocenters. The van der Waals surface area contributed by atoms with Crippen molar-refractivity contribution in [1.29, 1.82) is 0 Å². The molecular formula is C9H21NO3S. The molecule has 2 N–H and O–H groups in total. The standard InChI is InChI=1S/C9H21NO3S/c1-5-7(2)9(4)10-14(12,13)8(3)6-11/h7-11H,5-6H2,1-4H3. The van der Waals surface area contributed by atoms with Crippen molar-refractivity contribution in [2.24, 2.45) is 5.92 Å². The summed E-state index contributed by atoms with van der Waals surface area (Å²) in [4.78, 5) is 0. The van der Waals surface area contributed by atoms with Crippen LogP contribution in [0.25, 0.3) is 0 Å². The highest BCUT2D eigenvalue weighted by atomic mass is 32.2. The van der Waals surface area contributed by atoms with E-state index in [2.05, 4.69) is 4.72 Å². The number of hydrogen-bond acceptors (Lipinski definition) is 3. The van der Waals surface area contributed by atoms with E-state index in [0.29, 0.717) is 5.92 Å². The van der Waals surface area contributed by atoms with Crippen LogP contribution in [0.5, 0.6) is 0 Å². The molecule has 0 bridgehead atoms. The highest BCUT2D eigenvalue weighted by Gasteiger charge is 2.23. The average molecular weight is 223 g/mol. The Hall–Kier alpha value is -0.130. The van der Waals surface area contributed by atoms with E-state index in [1.165, 1.54) is 6.92 Å². The Morgan fingerprint density at radius 1 is 1.29 bits per heavy atom. The topological polar surface area (TPSA) is 66.4 Å². The van der Waals surface area contributed by atoms with E-state index < -0.39 is 15.3 Å². The molecule has 0 aliphatic rings. The molecule has 0 fully saturated rings. The van der Waals surface area contributed by atoms with Gasteiger partial charge in [0, 0.05) is 6.04 Å². The van der Waals surface area contributed by atoms with Gasteiger partial charge in [0.05, 0.1) is 11.9 Å². The van der Waals surface area contributed by atoms with Crippen LogP contribution in [-0.2, 0) is 10.0 Å². The van der Waals surface area contributed by atoms with Crippen molar-refractivity contribution in [2.75, 3.05) is 6.61 Å². The SMILES string of the molecule is CCC(C)C(C)NS(=O)(=O)C(C)CO. The zero-order valence-electron chi connectivity index (χ0n) is 9.32. The molecule has 0 saturated heterocycles. The largest absolute Gasteiger partial charge is 0.395 e. The van der Waals surface area contributed by atoms with Crippen LogP contribution < -0.4 is 4.72 Å². The molecule has 0 spiro atoms. The normalized spacial score (nSPS) is 18.9. The second kappa shape index (κ2) is 5.68. The summed E-state index contributed by atoms with van der Waals surface area (Å²) in [5, 5.41) is 8.02. The highest BCUT2D eigenvalue weighted by Crippen LogP contribution is 2.09. The van der Waals surface area contributed by atoms with Gasteiger partial charge in [-0.1, -0.05) is 20.3 Å². The van der Waals surface area contributed by atoms with Crippen molar-refractivity contribution >= 4 is 10.0 Å². The molecule has 3 atom stereocenters. The Morgan fingerprint density at radius 2 is 1.79 bits per heavy atom. The van der Waals surface area contributed by atoms with E-state index in [-0.39, 0.29) is 12.6 Å². The molecule has 4 nitrogen and oxygen atoms in total. The van der Waals surface area contributed by atoms with Crippen LogP contribution in [0.2, 0.25) is 0 Å². The van der Waals surface area contributed by atoms with E-state index in [0.717, 1.165) is 6.42 Å². The lowest BCUT2D eigenvalue weighted by Crippen LogP contribution is -2.42. The lowest BCUT2D eigenvalue weighted by atomic mass is 10.0. The van der Waals surface area contributed by atoms with Crippen LogP contribution in [0.3, 0.4) is 0 Å². The molecule has 0 aromatic carbocycles. The molecular weight excluding hydrogens is 202 g/mol. The highest BCUT2D eigenvalue weighted by molar-refractivity contribution is 7.90. The third-order valence-corrected chi connectivity index (χ3v) is 4.54. The molecule has 0 rings (SSSR count). The fraction of sp³-hybridized carbons (Fsp3) is 1.00. The molecule has 0 amide bonds. The molecule has 0 radical (unpaired) electrons. The quantitative estimate of drug-likeness (QED) is 0.697. The van der Waals surface area contributed by atoms with Gasteiger partial charge < -0.3 is 5.11 Å². The second-order valence-corrected chi connectivity index (χ2v) is 5.96. The zero-order chi connectivity index (χ0) is 11.4. The van der Waals surface area contributed by atoms with E-state index in [9.17, 15) is 8.42 Å². The maximum absolute atomic E-state index is 11.5. The van der Waals surface area contributed by atoms with Gasteiger partial charge in [0.2, 0.25) is 10.0 Å². The Kier molecular flexibility index (Phi) is 5.63. The van der Waals surface area contributed by atoms with Gasteiger partial charge in [-0.15, -0.1) is 0 Å². The number of sulfonamides is 1. The number of hydrogen-bond donors (Lipinski definition) is 2. The van der Waals surface area contributed by atoms with Crippen LogP contribution in [0.15, 0.2) is 0 Å². The first-order chi connectivity index (χ1) is 6.35. The summed E-state index contributed by atoms with van der Waals surface area (Å²) < 4.78 is 25.6. The molecule has 0 aromatic rings. The maximum Gasteiger partial charge on any atom is 0.216 e. The van der Waals surface area contributed by atoms with Crippen LogP contribution in [0.4, 0.5) is 0 Å². The summed E-state index contributed by atoms with van der Waals surface area (Å²) in [6, 6.07) is -0.0843. The van der Waals surface area contributed by atoms with Gasteiger partial charge in [0.25, 0.3) is 0 Å². The summed E-state index contributed by atoms with van der Waals surface area (Å²) in [5.74, 6) is 0.302. The Labute approximate surface area is 86.8 Å². The minimum atomic E-state index is -3.36. The summed E-state index contributed by atoms with van der Waals surface area (Å²) in [7, 11) is -3.36. The fourth-order valence-corrected chi connectivity index (χ4v) is 2.12. The van der Waals surface area contributed by atoms with Crippen molar-refractivity contribution in [2.45, 2.75) is 45.4 Å². The second-order valence-electron chi connectivity index (χ2n) is 3.83. The number of nitrogens with one attached hydrogen (secondary N) is 1. The molecule has 0 saturated carbocycles. The lowest BCUT2D eigenvalue weighted by molar-refractivity contribution is 0.293. The van der Waals surface area contributed by atoms with Crippen LogP contribution in [0, 0.1) is 5.92 Å². The fourth-order valence-electron chi connectivity index (χ4n) is 0.943. The van der Waals surface area contributed by atoms with Gasteiger partial charge in [0.15, 0.2) is 0 Å². The van der Waals surface area contributed by atoms with Crippen LogP contribution >= 0.6 is 0 Å². The van der Waals surface area contributed by atoms with E-state index in [1.807, 2.05) is 20.8 Å². The minimum absolute atomic E-state index is 0.0843. The average Bonchev–Trinajstić information content (AvgIpc) is 2.14. The summed E-state index contributed by atoms with van der Waals surface area (Å²) in [6.45, 7) is 7.01. The summed E-state index contributed by atoms with van der Waals surface area (Å²) in [6.07, 6.45) is 0.928. The van der Waals surface area contributed by atoms with Crippen molar-refractivity contribution in [1.82, 2.24) is 4.72 Å². The predicted molar refractivity (Wildman–Crippen MR) is 57.5 cm³/mol. The Balaban J connectivity index is 4.37. The first kappa shape index (κ1) is 13.9. The predicted octanol–water partition coefficient (Wildman–Crippen LogP) is 0.721.